The van der Waals surface area contributed by atoms with Crippen molar-refractivity contribution in [3.05, 3.63) is 161 Å². The molecule has 0 fully saturated rings. The van der Waals surface area contributed by atoms with Crippen LogP contribution in [0.3, 0.4) is 0 Å². The number of halogens is 1. The third-order valence-corrected chi connectivity index (χ3v) is 13.0. The molecule has 3 aromatic carbocycles. The highest BCUT2D eigenvalue weighted by molar-refractivity contribution is 9.10. The van der Waals surface area contributed by atoms with Crippen LogP contribution in [0.25, 0.3) is 0 Å². The lowest BCUT2D eigenvalue weighted by molar-refractivity contribution is 0.0526. The summed E-state index contributed by atoms with van der Waals surface area (Å²) in [6.45, 7) is 13.4. The third kappa shape index (κ3) is 14.1. The van der Waals surface area contributed by atoms with Crippen molar-refractivity contribution in [3.63, 3.8) is 0 Å². The molecule has 5 aromatic rings. The van der Waals surface area contributed by atoms with Gasteiger partial charge in [0.25, 0.3) is 17.0 Å². The van der Waals surface area contributed by atoms with E-state index in [4.69, 9.17) is 20.4 Å². The fraction of sp³-hybridized carbons (Fsp3) is 0.481. The third-order valence-electron chi connectivity index (χ3n) is 12.4. The molecule has 2 unspecified atom stereocenters. The van der Waals surface area contributed by atoms with Gasteiger partial charge in [0.15, 0.2) is 0 Å². The molecule has 2 atom stereocenters. The summed E-state index contributed by atoms with van der Waals surface area (Å²) in [5.41, 5.74) is 11.4. The Morgan fingerprint density at radius 3 is 1.81 bits per heavy atom. The van der Waals surface area contributed by atoms with Crippen molar-refractivity contribution in [1.82, 2.24) is 34.6 Å². The number of nitrogens with one attached hydrogen (secondary N) is 2. The Balaban J connectivity index is 0.000000224. The first-order valence-corrected chi connectivity index (χ1v) is 25.4. The zero-order valence-electron chi connectivity index (χ0n) is 40.7. The van der Waals surface area contributed by atoms with E-state index < -0.39 is 11.7 Å². The van der Waals surface area contributed by atoms with Crippen LogP contribution in [-0.4, -0.2) is 67.8 Å². The molecule has 0 bridgehead atoms. The number of amides is 2. The number of alkyl carbamates (subject to hydrolysis) is 1. The standard InChI is InChI=1S/C28H33BrN4O2.C26H38N4O3/c1-2-24(32(18-8-16-30)27(34)21-12-14-22(29)15-13-21)26-23(19-20-9-4-3-5-10-20)28(35)33-17-7-6-11-25(33)31-26;1-5-21(27-15-11-16-28-25(32)33-26(2,3)4)23-20(18-19-12-7-6-8-13-19)24(31)30-17-10-9-14-22(30)29-23/h3-5,9-10,12-15,24H,2,6-8,11,16-19,30H2,1H3;6-8,12-13,21,27H,5,9-11,14-18H2,1-4H3,(H,28,32). The van der Waals surface area contributed by atoms with Gasteiger partial charge in [0, 0.05) is 79.1 Å². The number of ether oxygens (including phenoxy) is 1. The molecule has 0 spiro atoms. The summed E-state index contributed by atoms with van der Waals surface area (Å²) in [5, 5.41) is 6.36. The van der Waals surface area contributed by atoms with Gasteiger partial charge in [-0.1, -0.05) is 90.4 Å². The largest absolute Gasteiger partial charge is 0.444 e. The SMILES string of the molecule is CCC(NCCCNC(=O)OC(C)(C)C)c1nc2n(c(=O)c1Cc1ccccc1)CCCC2.CCC(c1nc2n(c(=O)c1Cc1ccccc1)CCCC2)N(CCCN)C(=O)c1ccc(Br)cc1. The van der Waals surface area contributed by atoms with E-state index in [0.29, 0.717) is 69.5 Å². The smallest absolute Gasteiger partial charge is 0.407 e. The summed E-state index contributed by atoms with van der Waals surface area (Å²) in [4.78, 5) is 64.8. The molecule has 0 saturated heterocycles. The van der Waals surface area contributed by atoms with Gasteiger partial charge in [-0.15, -0.1) is 0 Å². The van der Waals surface area contributed by atoms with E-state index in [-0.39, 0.29) is 29.1 Å². The van der Waals surface area contributed by atoms with Gasteiger partial charge >= 0.3 is 6.09 Å². The fourth-order valence-corrected chi connectivity index (χ4v) is 9.31. The van der Waals surface area contributed by atoms with Crippen LogP contribution in [-0.2, 0) is 43.5 Å². The number of aryl methyl sites for hydroxylation is 2. The minimum absolute atomic E-state index is 0.00855. The Morgan fingerprint density at radius 1 is 0.750 bits per heavy atom. The van der Waals surface area contributed by atoms with Crippen LogP contribution in [0.15, 0.2) is 99.0 Å². The molecular weight excluding hydrogens is 921 g/mol. The highest BCUT2D eigenvalue weighted by Gasteiger charge is 2.31. The summed E-state index contributed by atoms with van der Waals surface area (Å²) in [7, 11) is 0. The quantitative estimate of drug-likeness (QED) is 0.0727. The van der Waals surface area contributed by atoms with E-state index in [2.05, 4.69) is 52.5 Å². The second-order valence-corrected chi connectivity index (χ2v) is 19.6. The van der Waals surface area contributed by atoms with Gasteiger partial charge in [-0.25, -0.2) is 14.8 Å². The van der Waals surface area contributed by atoms with Gasteiger partial charge in [-0.3, -0.25) is 23.5 Å². The second kappa shape index (κ2) is 25.2. The van der Waals surface area contributed by atoms with Gasteiger partial charge in [-0.2, -0.15) is 0 Å². The molecule has 4 N–H and O–H groups in total. The monoisotopic (exact) mass is 990 g/mol. The number of hydrogen-bond donors (Lipinski definition) is 3. The minimum atomic E-state index is -0.503. The van der Waals surface area contributed by atoms with Gasteiger partial charge in [0.1, 0.15) is 17.2 Å². The number of nitrogens with zero attached hydrogens (tertiary/aromatic N) is 5. The summed E-state index contributed by atoms with van der Waals surface area (Å²) in [6, 6.07) is 27.2. The van der Waals surface area contributed by atoms with Crippen molar-refractivity contribution < 1.29 is 14.3 Å². The van der Waals surface area contributed by atoms with E-state index >= 15 is 0 Å². The zero-order chi connectivity index (χ0) is 48.6. The number of fused-ring (bicyclic) bond motifs is 2. The van der Waals surface area contributed by atoms with Gasteiger partial charge in [0.2, 0.25) is 0 Å². The lowest BCUT2D eigenvalue weighted by Crippen LogP contribution is -2.40. The summed E-state index contributed by atoms with van der Waals surface area (Å²) in [6.07, 6.45) is 9.35. The van der Waals surface area contributed by atoms with E-state index in [0.717, 1.165) is 102 Å². The maximum atomic E-state index is 13.8. The molecule has 2 aliphatic heterocycles. The Bertz CT molecular complexity index is 2540. The molecule has 0 radical (unpaired) electrons. The summed E-state index contributed by atoms with van der Waals surface area (Å²) >= 11 is 3.45. The second-order valence-electron chi connectivity index (χ2n) is 18.7. The molecule has 4 heterocycles. The molecule has 2 aromatic heterocycles. The molecule has 364 valence electrons. The molecule has 7 rings (SSSR count). The first-order valence-electron chi connectivity index (χ1n) is 24.6. The maximum Gasteiger partial charge on any atom is 0.407 e. The highest BCUT2D eigenvalue weighted by atomic mass is 79.9. The number of nitrogens with two attached hydrogens (primary N) is 1. The topological polar surface area (TPSA) is 166 Å². The molecule has 13 nitrogen and oxygen atoms in total. The number of aromatic nitrogens is 4. The van der Waals surface area contributed by atoms with Crippen molar-refractivity contribution in [2.45, 2.75) is 142 Å². The van der Waals surface area contributed by atoms with Crippen LogP contribution >= 0.6 is 15.9 Å². The van der Waals surface area contributed by atoms with Crippen molar-refractivity contribution in [2.24, 2.45) is 5.73 Å². The van der Waals surface area contributed by atoms with Crippen LogP contribution in [0.4, 0.5) is 4.79 Å². The predicted molar refractivity (Wildman–Crippen MR) is 273 cm³/mol. The Morgan fingerprint density at radius 2 is 1.29 bits per heavy atom. The molecule has 2 amide bonds. The van der Waals surface area contributed by atoms with Crippen LogP contribution in [0.2, 0.25) is 0 Å². The molecule has 0 aliphatic carbocycles. The number of hydrogen-bond acceptors (Lipinski definition) is 9. The molecule has 0 saturated carbocycles. The zero-order valence-corrected chi connectivity index (χ0v) is 42.3. The van der Waals surface area contributed by atoms with Crippen LogP contribution < -0.4 is 27.5 Å². The number of carbonyl (C=O) groups is 2. The summed E-state index contributed by atoms with van der Waals surface area (Å²) in [5.74, 6) is 1.68. The number of rotatable bonds is 18. The lowest BCUT2D eigenvalue weighted by atomic mass is 9.96. The van der Waals surface area contributed by atoms with Gasteiger partial charge in [0.05, 0.1) is 17.4 Å². The maximum absolute atomic E-state index is 13.8. The average Bonchev–Trinajstić information content (AvgIpc) is 3.34. The molecule has 2 aliphatic rings. The number of carbonyl (C=O) groups excluding carboxylic acids is 2. The first-order chi connectivity index (χ1) is 32.8. The van der Waals surface area contributed by atoms with E-state index in [1.807, 2.05) is 108 Å². The molecule has 68 heavy (non-hydrogen) atoms. The minimum Gasteiger partial charge on any atom is -0.444 e. The van der Waals surface area contributed by atoms with E-state index in [9.17, 15) is 19.2 Å². The van der Waals surface area contributed by atoms with Crippen molar-refractivity contribution >= 4 is 27.9 Å². The highest BCUT2D eigenvalue weighted by Crippen LogP contribution is 2.30. The first kappa shape index (κ1) is 51.9. The van der Waals surface area contributed by atoms with Crippen LogP contribution in [0.5, 0.6) is 0 Å². The normalized spacial score (nSPS) is 14.1. The van der Waals surface area contributed by atoms with Crippen molar-refractivity contribution in [2.75, 3.05) is 26.2 Å². The van der Waals surface area contributed by atoms with Gasteiger partial charge in [-0.05, 0) is 121 Å². The van der Waals surface area contributed by atoms with Gasteiger partial charge < -0.3 is 26.0 Å². The molecular formula is C54H71BrN8O5. The van der Waals surface area contributed by atoms with Crippen LogP contribution in [0.1, 0.15) is 154 Å². The Labute approximate surface area is 410 Å². The predicted octanol–water partition coefficient (Wildman–Crippen LogP) is 9.00. The Kier molecular flexibility index (Phi) is 19.3. The average molecular weight is 992 g/mol. The van der Waals surface area contributed by atoms with Crippen molar-refractivity contribution in [3.8, 4) is 0 Å². The number of benzene rings is 3. The molecule has 14 heteroatoms. The van der Waals surface area contributed by atoms with Crippen molar-refractivity contribution in [1.29, 1.82) is 0 Å². The van der Waals surface area contributed by atoms with Crippen LogP contribution in [0, 0.1) is 0 Å². The fourth-order valence-electron chi connectivity index (χ4n) is 9.04. The van der Waals surface area contributed by atoms with E-state index in [1.54, 1.807) is 0 Å². The van der Waals surface area contributed by atoms with E-state index in [1.165, 1.54) is 0 Å². The summed E-state index contributed by atoms with van der Waals surface area (Å²) < 4.78 is 9.92. The Hall–Kier alpha value is -5.44. The lowest BCUT2D eigenvalue weighted by Gasteiger charge is -2.33.